The predicted octanol–water partition coefficient (Wildman–Crippen LogP) is 0.544. The van der Waals surface area contributed by atoms with Crippen molar-refractivity contribution >= 4 is 5.78 Å². The zero-order valence-electron chi connectivity index (χ0n) is 7.32. The Kier molecular flexibility index (Phi) is 1.49. The molecule has 0 aromatic carbocycles. The molecule has 0 saturated heterocycles. The number of nitrogens with zero attached hydrogens (tertiary/aromatic N) is 3. The van der Waals surface area contributed by atoms with Gasteiger partial charge >= 0.3 is 0 Å². The van der Waals surface area contributed by atoms with Crippen molar-refractivity contribution in [3.63, 3.8) is 0 Å². The molecule has 1 fully saturated rings. The molecule has 1 aliphatic carbocycles. The summed E-state index contributed by atoms with van der Waals surface area (Å²) in [5.41, 5.74) is 0.0929. The second kappa shape index (κ2) is 2.43. The minimum absolute atomic E-state index is 0.146. The number of ketones is 1. The molecule has 66 valence electrons. The summed E-state index contributed by atoms with van der Waals surface area (Å²) in [6.45, 7) is 0. The number of Topliss-reactive ketones (excluding diaryl/α,β-unsaturated/α-hetero) is 1. The first-order chi connectivity index (χ1) is 6.16. The van der Waals surface area contributed by atoms with Crippen LogP contribution in [-0.2, 0) is 17.3 Å². The summed E-state index contributed by atoms with van der Waals surface area (Å²) in [6.07, 6.45) is 2.43. The number of carbonyl (C=O) groups is 1. The van der Waals surface area contributed by atoms with Gasteiger partial charge in [0.15, 0.2) is 0 Å². The van der Waals surface area contributed by atoms with E-state index in [1.54, 1.807) is 24.0 Å². The molecule has 0 unspecified atom stereocenters. The van der Waals surface area contributed by atoms with E-state index < -0.39 is 5.41 Å². The smallest absolute Gasteiger partial charge is 0.136 e. The molecular formula is C9H9N3O. The van der Waals surface area contributed by atoms with Crippen LogP contribution in [0.25, 0.3) is 0 Å². The lowest BCUT2D eigenvalue weighted by atomic mass is 9.67. The molecule has 0 radical (unpaired) electrons. The molecule has 0 N–H and O–H groups in total. The van der Waals surface area contributed by atoms with E-state index in [1.165, 1.54) is 0 Å². The fourth-order valence-electron chi connectivity index (χ4n) is 1.61. The van der Waals surface area contributed by atoms with E-state index in [2.05, 4.69) is 11.2 Å². The first-order valence-corrected chi connectivity index (χ1v) is 4.09. The summed E-state index contributed by atoms with van der Waals surface area (Å²) in [7, 11) is 1.80. The number of rotatable bonds is 1. The molecule has 2 rings (SSSR count). The molecule has 1 aromatic heterocycles. The van der Waals surface area contributed by atoms with Gasteiger partial charge in [-0.15, -0.1) is 0 Å². The highest BCUT2D eigenvalue weighted by molar-refractivity contribution is 5.89. The van der Waals surface area contributed by atoms with Crippen molar-refractivity contribution in [3.05, 3.63) is 18.0 Å². The Labute approximate surface area is 75.8 Å². The van der Waals surface area contributed by atoms with Gasteiger partial charge in [-0.3, -0.25) is 9.48 Å². The zero-order valence-corrected chi connectivity index (χ0v) is 7.32. The van der Waals surface area contributed by atoms with E-state index in [-0.39, 0.29) is 5.78 Å². The van der Waals surface area contributed by atoms with Crippen molar-refractivity contribution in [2.45, 2.75) is 18.3 Å². The molecule has 1 heterocycles. The van der Waals surface area contributed by atoms with Gasteiger partial charge in [0.05, 0.1) is 11.8 Å². The van der Waals surface area contributed by atoms with Crippen LogP contribution in [0.4, 0.5) is 0 Å². The zero-order chi connectivity index (χ0) is 9.47. The summed E-state index contributed by atoms with van der Waals surface area (Å²) in [5, 5.41) is 13.1. The van der Waals surface area contributed by atoms with Crippen LogP contribution < -0.4 is 0 Å². The normalized spacial score (nSPS) is 19.2. The minimum atomic E-state index is -0.627. The monoisotopic (exact) mass is 175 g/mol. The second-order valence-electron chi connectivity index (χ2n) is 3.46. The first-order valence-electron chi connectivity index (χ1n) is 4.09. The van der Waals surface area contributed by atoms with Gasteiger partial charge in [0.25, 0.3) is 0 Å². The van der Waals surface area contributed by atoms with E-state index in [9.17, 15) is 4.79 Å². The average molecular weight is 175 g/mol. The van der Waals surface area contributed by atoms with Gasteiger partial charge in [0.2, 0.25) is 0 Å². The van der Waals surface area contributed by atoms with Gasteiger partial charge in [0, 0.05) is 26.1 Å². The fourth-order valence-corrected chi connectivity index (χ4v) is 1.61. The summed E-state index contributed by atoms with van der Waals surface area (Å²) in [5.74, 6) is 0.146. The molecule has 13 heavy (non-hydrogen) atoms. The molecule has 0 spiro atoms. The predicted molar refractivity (Wildman–Crippen MR) is 44.7 cm³/mol. The van der Waals surface area contributed by atoms with Gasteiger partial charge in [-0.25, -0.2) is 0 Å². The quantitative estimate of drug-likeness (QED) is 0.626. The molecule has 0 atom stereocenters. The summed E-state index contributed by atoms with van der Waals surface area (Å²) in [4.78, 5) is 10.9. The molecule has 0 amide bonds. The maximum absolute atomic E-state index is 10.9. The van der Waals surface area contributed by atoms with Crippen LogP contribution in [0.5, 0.6) is 0 Å². The molecule has 0 aliphatic heterocycles. The Morgan fingerprint density at radius 1 is 1.69 bits per heavy atom. The molecule has 1 aliphatic rings. The highest BCUT2D eigenvalue weighted by Crippen LogP contribution is 2.39. The minimum Gasteiger partial charge on any atom is -0.300 e. The van der Waals surface area contributed by atoms with E-state index in [1.807, 2.05) is 0 Å². The van der Waals surface area contributed by atoms with Crippen LogP contribution in [0.2, 0.25) is 0 Å². The molecule has 1 aromatic rings. The van der Waals surface area contributed by atoms with Gasteiger partial charge in [-0.05, 0) is 6.07 Å². The molecule has 4 nitrogen and oxygen atoms in total. The maximum atomic E-state index is 10.9. The Morgan fingerprint density at radius 3 is 2.77 bits per heavy atom. The number of hydrogen-bond acceptors (Lipinski definition) is 3. The van der Waals surface area contributed by atoms with Crippen molar-refractivity contribution in [2.75, 3.05) is 0 Å². The SMILES string of the molecule is Cn1ccc(C2(C#N)CC(=O)C2)n1. The lowest BCUT2D eigenvalue weighted by Gasteiger charge is -2.31. The van der Waals surface area contributed by atoms with Crippen LogP contribution in [0.1, 0.15) is 18.5 Å². The summed E-state index contributed by atoms with van der Waals surface area (Å²) >= 11 is 0. The number of hydrogen-bond donors (Lipinski definition) is 0. The van der Waals surface area contributed by atoms with E-state index in [4.69, 9.17) is 5.26 Å². The maximum Gasteiger partial charge on any atom is 0.136 e. The van der Waals surface area contributed by atoms with Crippen LogP contribution in [0.15, 0.2) is 12.3 Å². The van der Waals surface area contributed by atoms with Crippen molar-refractivity contribution in [2.24, 2.45) is 7.05 Å². The third kappa shape index (κ3) is 1.04. The van der Waals surface area contributed by atoms with Gasteiger partial charge in [0.1, 0.15) is 11.2 Å². The highest BCUT2D eigenvalue weighted by atomic mass is 16.1. The molecular weight excluding hydrogens is 166 g/mol. The number of aromatic nitrogens is 2. The van der Waals surface area contributed by atoms with Crippen molar-refractivity contribution in [1.29, 1.82) is 5.26 Å². The number of nitriles is 1. The number of aryl methyl sites for hydroxylation is 1. The third-order valence-corrected chi connectivity index (χ3v) is 2.42. The Morgan fingerprint density at radius 2 is 2.38 bits per heavy atom. The van der Waals surface area contributed by atoms with Crippen LogP contribution in [0.3, 0.4) is 0 Å². The summed E-state index contributed by atoms with van der Waals surface area (Å²) in [6, 6.07) is 3.98. The molecule has 0 bridgehead atoms. The highest BCUT2D eigenvalue weighted by Gasteiger charge is 2.47. The largest absolute Gasteiger partial charge is 0.300 e. The lowest BCUT2D eigenvalue weighted by Crippen LogP contribution is -2.40. The van der Waals surface area contributed by atoms with Crippen molar-refractivity contribution in [1.82, 2.24) is 9.78 Å². The molecule has 1 saturated carbocycles. The van der Waals surface area contributed by atoms with Gasteiger partial charge in [-0.1, -0.05) is 0 Å². The van der Waals surface area contributed by atoms with E-state index in [0.29, 0.717) is 12.8 Å². The van der Waals surface area contributed by atoms with Crippen LogP contribution in [0, 0.1) is 11.3 Å². The molecule has 4 heteroatoms. The Balaban J connectivity index is 2.35. The van der Waals surface area contributed by atoms with Crippen LogP contribution >= 0.6 is 0 Å². The third-order valence-electron chi connectivity index (χ3n) is 2.42. The number of carbonyl (C=O) groups excluding carboxylic acids is 1. The van der Waals surface area contributed by atoms with Gasteiger partial charge < -0.3 is 0 Å². The summed E-state index contributed by atoms with van der Waals surface area (Å²) < 4.78 is 1.65. The fraction of sp³-hybridized carbons (Fsp3) is 0.444. The van der Waals surface area contributed by atoms with E-state index >= 15 is 0 Å². The standard InChI is InChI=1S/C9H9N3O/c1-12-3-2-8(11-12)9(6-10)4-7(13)5-9/h2-3H,4-5H2,1H3. The lowest BCUT2D eigenvalue weighted by molar-refractivity contribution is -0.126. The van der Waals surface area contributed by atoms with Gasteiger partial charge in [-0.2, -0.15) is 10.4 Å². The van der Waals surface area contributed by atoms with E-state index in [0.717, 1.165) is 5.69 Å². The Hall–Kier alpha value is -1.63. The average Bonchev–Trinajstić information content (AvgIpc) is 2.46. The Bertz CT molecular complexity index is 391. The topological polar surface area (TPSA) is 58.7 Å². The first kappa shape index (κ1) is 7.99. The van der Waals surface area contributed by atoms with Crippen molar-refractivity contribution in [3.8, 4) is 6.07 Å². The van der Waals surface area contributed by atoms with Crippen molar-refractivity contribution < 1.29 is 4.79 Å². The van der Waals surface area contributed by atoms with Crippen LogP contribution in [-0.4, -0.2) is 15.6 Å². The second-order valence-corrected chi connectivity index (χ2v) is 3.46.